The number of nitrogens with one attached hydrogen (secondary N) is 1. The van der Waals surface area contributed by atoms with Crippen LogP contribution < -0.4 is 10.1 Å². The predicted octanol–water partition coefficient (Wildman–Crippen LogP) is 3.62. The molecule has 2 aromatic carbocycles. The lowest BCUT2D eigenvalue weighted by atomic mass is 10.1. The van der Waals surface area contributed by atoms with E-state index in [1.165, 1.54) is 17.0 Å². The third-order valence-electron chi connectivity index (χ3n) is 3.94. The lowest BCUT2D eigenvalue weighted by molar-refractivity contribution is -0.384. The van der Waals surface area contributed by atoms with E-state index in [9.17, 15) is 14.9 Å². The molecular formula is C18H14BrN3O4S. The summed E-state index contributed by atoms with van der Waals surface area (Å²) < 4.78 is 6.17. The van der Waals surface area contributed by atoms with E-state index in [0.29, 0.717) is 11.4 Å². The van der Waals surface area contributed by atoms with E-state index >= 15 is 0 Å². The summed E-state index contributed by atoms with van der Waals surface area (Å²) in [5.74, 6) is 0.348. The van der Waals surface area contributed by atoms with E-state index in [1.807, 2.05) is 12.1 Å². The van der Waals surface area contributed by atoms with Gasteiger partial charge in [-0.15, -0.1) is 0 Å². The molecular weight excluding hydrogens is 434 g/mol. The fraction of sp³-hybridized carbons (Fsp3) is 0.111. The monoisotopic (exact) mass is 447 g/mol. The highest BCUT2D eigenvalue weighted by molar-refractivity contribution is 9.10. The number of rotatable bonds is 5. The van der Waals surface area contributed by atoms with Gasteiger partial charge in [0.1, 0.15) is 11.4 Å². The van der Waals surface area contributed by atoms with Crippen LogP contribution in [-0.4, -0.2) is 28.0 Å². The van der Waals surface area contributed by atoms with E-state index in [4.69, 9.17) is 17.0 Å². The highest BCUT2D eigenvalue weighted by Gasteiger charge is 2.31. The van der Waals surface area contributed by atoms with Gasteiger partial charge >= 0.3 is 0 Å². The number of carbonyl (C=O) groups is 1. The fourth-order valence-corrected chi connectivity index (χ4v) is 3.23. The molecule has 9 heteroatoms. The van der Waals surface area contributed by atoms with Gasteiger partial charge in [-0.05, 0) is 42.1 Å². The lowest BCUT2D eigenvalue weighted by Gasteiger charge is -2.13. The van der Waals surface area contributed by atoms with Gasteiger partial charge in [-0.2, -0.15) is 0 Å². The van der Waals surface area contributed by atoms with Crippen LogP contribution in [0.2, 0.25) is 0 Å². The zero-order valence-corrected chi connectivity index (χ0v) is 16.5. The molecule has 1 N–H and O–H groups in total. The van der Waals surface area contributed by atoms with Crippen molar-refractivity contribution in [1.29, 1.82) is 0 Å². The van der Waals surface area contributed by atoms with E-state index in [-0.39, 0.29) is 23.3 Å². The molecule has 1 amide bonds. The van der Waals surface area contributed by atoms with Crippen molar-refractivity contribution in [3.05, 3.63) is 73.9 Å². The molecule has 0 atom stereocenters. The molecule has 0 spiro atoms. The molecule has 1 heterocycles. The molecule has 0 bridgehead atoms. The number of non-ortho nitro benzene ring substituents is 1. The molecule has 0 aromatic heterocycles. The van der Waals surface area contributed by atoms with Gasteiger partial charge in [0.25, 0.3) is 11.6 Å². The summed E-state index contributed by atoms with van der Waals surface area (Å²) >= 11 is 8.67. The number of methoxy groups -OCH3 is 1. The van der Waals surface area contributed by atoms with E-state index in [1.54, 1.807) is 31.4 Å². The highest BCUT2D eigenvalue weighted by atomic mass is 79.9. The van der Waals surface area contributed by atoms with Crippen molar-refractivity contribution < 1.29 is 14.5 Å². The smallest absolute Gasteiger partial charge is 0.276 e. The molecule has 2 aromatic rings. The van der Waals surface area contributed by atoms with Crippen molar-refractivity contribution in [3.8, 4) is 5.75 Å². The first-order valence-electron chi connectivity index (χ1n) is 7.80. The van der Waals surface area contributed by atoms with Crippen LogP contribution in [0, 0.1) is 10.1 Å². The molecule has 0 aliphatic carbocycles. The number of hydrogen-bond acceptors (Lipinski definition) is 5. The number of hydrogen-bond donors (Lipinski definition) is 1. The normalized spacial score (nSPS) is 15.2. The van der Waals surface area contributed by atoms with Gasteiger partial charge in [0.2, 0.25) is 0 Å². The van der Waals surface area contributed by atoms with E-state index in [2.05, 4.69) is 21.2 Å². The first-order chi connectivity index (χ1) is 12.9. The predicted molar refractivity (Wildman–Crippen MR) is 108 cm³/mol. The minimum absolute atomic E-state index is 0.00506. The van der Waals surface area contributed by atoms with Crippen LogP contribution in [-0.2, 0) is 11.3 Å². The zero-order valence-electron chi connectivity index (χ0n) is 14.1. The Morgan fingerprint density at radius 1 is 1.30 bits per heavy atom. The largest absolute Gasteiger partial charge is 0.496 e. The van der Waals surface area contributed by atoms with Gasteiger partial charge in [0.05, 0.1) is 18.6 Å². The van der Waals surface area contributed by atoms with Crippen LogP contribution >= 0.6 is 28.1 Å². The van der Waals surface area contributed by atoms with Gasteiger partial charge in [-0.25, -0.2) is 0 Å². The van der Waals surface area contributed by atoms with E-state index < -0.39 is 4.92 Å². The first kappa shape index (κ1) is 19.0. The number of carbonyl (C=O) groups excluding carboxylic acids is 1. The molecule has 0 radical (unpaired) electrons. The second-order valence-electron chi connectivity index (χ2n) is 5.69. The molecule has 0 unspecified atom stereocenters. The molecule has 27 heavy (non-hydrogen) atoms. The Morgan fingerprint density at radius 2 is 2.00 bits per heavy atom. The van der Waals surface area contributed by atoms with Crippen molar-refractivity contribution in [2.75, 3.05) is 7.11 Å². The van der Waals surface area contributed by atoms with Crippen molar-refractivity contribution in [3.63, 3.8) is 0 Å². The third kappa shape index (κ3) is 4.15. The number of benzene rings is 2. The summed E-state index contributed by atoms with van der Waals surface area (Å²) in [6, 6.07) is 11.5. The molecule has 1 aliphatic heterocycles. The molecule has 3 rings (SSSR count). The zero-order chi connectivity index (χ0) is 19.6. The van der Waals surface area contributed by atoms with Crippen LogP contribution in [0.15, 0.2) is 52.6 Å². The third-order valence-corrected chi connectivity index (χ3v) is 4.76. The Labute approximate surface area is 168 Å². The highest BCUT2D eigenvalue weighted by Crippen LogP contribution is 2.26. The number of nitro benzene ring substituents is 1. The van der Waals surface area contributed by atoms with Crippen molar-refractivity contribution in [2.24, 2.45) is 0 Å². The first-order valence-corrected chi connectivity index (χ1v) is 9.00. The topological polar surface area (TPSA) is 84.7 Å². The SMILES string of the molecule is COc1ccc(Br)cc1/C=C1\NC(=S)N(Cc2ccc([N+](=O)[O-])cc2)C1=O. The maximum absolute atomic E-state index is 12.7. The summed E-state index contributed by atoms with van der Waals surface area (Å²) in [5.41, 5.74) is 1.79. The van der Waals surface area contributed by atoms with E-state index in [0.717, 1.165) is 15.6 Å². The number of nitrogens with zero attached hydrogens (tertiary/aromatic N) is 2. The summed E-state index contributed by atoms with van der Waals surface area (Å²) in [7, 11) is 1.56. The number of ether oxygens (including phenoxy) is 1. The average Bonchev–Trinajstić information content (AvgIpc) is 2.90. The van der Waals surface area contributed by atoms with Crippen molar-refractivity contribution in [2.45, 2.75) is 6.54 Å². The average molecular weight is 448 g/mol. The minimum atomic E-state index is -0.469. The Balaban J connectivity index is 1.83. The minimum Gasteiger partial charge on any atom is -0.496 e. The second-order valence-corrected chi connectivity index (χ2v) is 6.99. The van der Waals surface area contributed by atoms with Crippen LogP contribution in [0.25, 0.3) is 6.08 Å². The lowest BCUT2D eigenvalue weighted by Crippen LogP contribution is -2.29. The van der Waals surface area contributed by atoms with Crippen LogP contribution in [0.4, 0.5) is 5.69 Å². The molecule has 1 saturated heterocycles. The molecule has 1 fully saturated rings. The maximum atomic E-state index is 12.7. The van der Waals surface area contributed by atoms with Crippen molar-refractivity contribution in [1.82, 2.24) is 10.2 Å². The van der Waals surface area contributed by atoms with Crippen molar-refractivity contribution >= 4 is 50.9 Å². The standard InChI is InChI=1S/C18H14BrN3O4S/c1-26-16-7-4-13(19)8-12(16)9-15-17(23)21(18(27)20-15)10-11-2-5-14(6-3-11)22(24)25/h2-9H,10H2,1H3,(H,20,27)/b15-9-. The quantitative estimate of drug-likeness (QED) is 0.326. The molecule has 0 saturated carbocycles. The Morgan fingerprint density at radius 3 is 2.63 bits per heavy atom. The molecule has 138 valence electrons. The number of halogens is 1. The van der Waals surface area contributed by atoms with Gasteiger partial charge in [-0.3, -0.25) is 19.8 Å². The second kappa shape index (κ2) is 7.85. The number of nitro groups is 1. The fourth-order valence-electron chi connectivity index (χ4n) is 2.59. The van der Waals surface area contributed by atoms with Crippen LogP contribution in [0.5, 0.6) is 5.75 Å². The Kier molecular flexibility index (Phi) is 5.52. The number of amides is 1. The molecule has 1 aliphatic rings. The maximum Gasteiger partial charge on any atom is 0.276 e. The van der Waals surface area contributed by atoms with Crippen LogP contribution in [0.3, 0.4) is 0 Å². The van der Waals surface area contributed by atoms with Gasteiger partial charge < -0.3 is 10.1 Å². The summed E-state index contributed by atoms with van der Waals surface area (Å²) in [6.45, 7) is 0.218. The summed E-state index contributed by atoms with van der Waals surface area (Å²) in [5, 5.41) is 13.9. The van der Waals surface area contributed by atoms with Gasteiger partial charge in [0, 0.05) is 22.2 Å². The Hall–Kier alpha value is -2.78. The van der Waals surface area contributed by atoms with Gasteiger partial charge in [-0.1, -0.05) is 28.1 Å². The summed E-state index contributed by atoms with van der Waals surface area (Å²) in [6.07, 6.45) is 1.67. The Bertz CT molecular complexity index is 960. The van der Waals surface area contributed by atoms with Crippen LogP contribution in [0.1, 0.15) is 11.1 Å². The summed E-state index contributed by atoms with van der Waals surface area (Å²) in [4.78, 5) is 24.4. The molecule has 7 nitrogen and oxygen atoms in total. The van der Waals surface area contributed by atoms with Gasteiger partial charge in [0.15, 0.2) is 5.11 Å². The number of thiocarbonyl (C=S) groups is 1.